The summed E-state index contributed by atoms with van der Waals surface area (Å²) >= 11 is 0. The van der Waals surface area contributed by atoms with Gasteiger partial charge in [-0.25, -0.2) is 0 Å². The lowest BCUT2D eigenvalue weighted by Crippen LogP contribution is -2.35. The molecule has 0 amide bonds. The molecule has 0 aliphatic carbocycles. The summed E-state index contributed by atoms with van der Waals surface area (Å²) in [5.41, 5.74) is 0. The second-order valence-corrected chi connectivity index (χ2v) is 4.02. The zero-order valence-electron chi connectivity index (χ0n) is 10.1. The second kappa shape index (κ2) is 7.82. The van der Waals surface area contributed by atoms with Crippen molar-refractivity contribution in [2.45, 2.75) is 40.5 Å². The van der Waals surface area contributed by atoms with Crippen LogP contribution in [-0.4, -0.2) is 24.5 Å². The van der Waals surface area contributed by atoms with Crippen LogP contribution in [0.1, 0.15) is 40.5 Å². The highest BCUT2D eigenvalue weighted by Crippen LogP contribution is 2.23. The number of likely N-dealkylation sites (tertiary alicyclic amines) is 1. The van der Waals surface area contributed by atoms with Gasteiger partial charge in [0.1, 0.15) is 0 Å². The highest BCUT2D eigenvalue weighted by Gasteiger charge is 2.20. The molecule has 2 heteroatoms. The SMILES string of the molecule is CC.CC(C)C1CCN(CC#N)CC1. The van der Waals surface area contributed by atoms with Crippen molar-refractivity contribution in [1.29, 1.82) is 5.26 Å². The van der Waals surface area contributed by atoms with Crippen LogP contribution in [0.4, 0.5) is 0 Å². The van der Waals surface area contributed by atoms with Gasteiger partial charge in [0, 0.05) is 0 Å². The van der Waals surface area contributed by atoms with Crippen LogP contribution in [0.2, 0.25) is 0 Å². The highest BCUT2D eigenvalue weighted by atomic mass is 15.1. The molecule has 0 saturated carbocycles. The molecule has 0 radical (unpaired) electrons. The predicted octanol–water partition coefficient (Wildman–Crippen LogP) is 2.90. The first-order valence-electron chi connectivity index (χ1n) is 5.83. The summed E-state index contributed by atoms with van der Waals surface area (Å²) in [4.78, 5) is 2.25. The van der Waals surface area contributed by atoms with Crippen molar-refractivity contribution in [3.8, 4) is 6.07 Å². The molecule has 0 aromatic heterocycles. The van der Waals surface area contributed by atoms with E-state index in [-0.39, 0.29) is 0 Å². The van der Waals surface area contributed by atoms with E-state index in [0.717, 1.165) is 24.9 Å². The molecule has 2 nitrogen and oxygen atoms in total. The van der Waals surface area contributed by atoms with Gasteiger partial charge < -0.3 is 0 Å². The van der Waals surface area contributed by atoms with Gasteiger partial charge in [0.2, 0.25) is 0 Å². The van der Waals surface area contributed by atoms with Crippen LogP contribution in [0.25, 0.3) is 0 Å². The molecule has 1 saturated heterocycles. The van der Waals surface area contributed by atoms with Gasteiger partial charge in [0.05, 0.1) is 12.6 Å². The van der Waals surface area contributed by atoms with Crippen LogP contribution >= 0.6 is 0 Å². The fourth-order valence-corrected chi connectivity index (χ4v) is 1.88. The number of nitrogens with zero attached hydrogens (tertiary/aromatic N) is 2. The third kappa shape index (κ3) is 4.62. The Morgan fingerprint density at radius 3 is 2.14 bits per heavy atom. The minimum atomic E-state index is 0.616. The van der Waals surface area contributed by atoms with Gasteiger partial charge in [0.15, 0.2) is 0 Å². The van der Waals surface area contributed by atoms with Gasteiger partial charge in [-0.05, 0) is 37.8 Å². The van der Waals surface area contributed by atoms with Crippen molar-refractivity contribution >= 4 is 0 Å². The average Bonchev–Trinajstić information content (AvgIpc) is 2.22. The Labute approximate surface area is 88.9 Å². The van der Waals surface area contributed by atoms with E-state index in [2.05, 4.69) is 24.8 Å². The molecular formula is C12H24N2. The van der Waals surface area contributed by atoms with Gasteiger partial charge in [0.25, 0.3) is 0 Å². The molecule has 14 heavy (non-hydrogen) atoms. The molecule has 0 N–H and O–H groups in total. The molecule has 0 bridgehead atoms. The molecule has 82 valence electrons. The molecule has 1 aliphatic rings. The van der Waals surface area contributed by atoms with Crippen LogP contribution in [0.15, 0.2) is 0 Å². The van der Waals surface area contributed by atoms with Gasteiger partial charge in [-0.2, -0.15) is 5.26 Å². The van der Waals surface area contributed by atoms with Crippen LogP contribution < -0.4 is 0 Å². The maximum atomic E-state index is 8.50. The van der Waals surface area contributed by atoms with E-state index >= 15 is 0 Å². The molecule has 0 unspecified atom stereocenters. The van der Waals surface area contributed by atoms with Gasteiger partial charge in [-0.3, -0.25) is 4.90 Å². The largest absolute Gasteiger partial charge is 0.291 e. The van der Waals surface area contributed by atoms with E-state index in [9.17, 15) is 0 Å². The minimum absolute atomic E-state index is 0.616. The van der Waals surface area contributed by atoms with Crippen LogP contribution in [-0.2, 0) is 0 Å². The molecule has 1 aliphatic heterocycles. The van der Waals surface area contributed by atoms with E-state index in [4.69, 9.17) is 5.26 Å². The van der Waals surface area contributed by atoms with Crippen LogP contribution in [0, 0.1) is 23.2 Å². The smallest absolute Gasteiger partial charge is 0.0865 e. The molecule has 1 heterocycles. The first-order chi connectivity index (χ1) is 6.74. The lowest BCUT2D eigenvalue weighted by atomic mass is 9.87. The average molecular weight is 196 g/mol. The summed E-state index contributed by atoms with van der Waals surface area (Å²) in [6, 6.07) is 2.21. The first kappa shape index (κ1) is 13.4. The topological polar surface area (TPSA) is 27.0 Å². The maximum absolute atomic E-state index is 8.50. The third-order valence-corrected chi connectivity index (χ3v) is 2.87. The molecule has 0 atom stereocenters. The highest BCUT2D eigenvalue weighted by molar-refractivity contribution is 4.81. The van der Waals surface area contributed by atoms with Crippen molar-refractivity contribution in [3.05, 3.63) is 0 Å². The zero-order valence-corrected chi connectivity index (χ0v) is 10.1. The van der Waals surface area contributed by atoms with Crippen molar-refractivity contribution in [2.24, 2.45) is 11.8 Å². The fraction of sp³-hybridized carbons (Fsp3) is 0.917. The minimum Gasteiger partial charge on any atom is -0.291 e. The van der Waals surface area contributed by atoms with Gasteiger partial charge >= 0.3 is 0 Å². The number of hydrogen-bond acceptors (Lipinski definition) is 2. The van der Waals surface area contributed by atoms with E-state index < -0.39 is 0 Å². The molecular weight excluding hydrogens is 172 g/mol. The Morgan fingerprint density at radius 2 is 1.79 bits per heavy atom. The van der Waals surface area contributed by atoms with Crippen molar-refractivity contribution < 1.29 is 0 Å². The third-order valence-electron chi connectivity index (χ3n) is 2.87. The molecule has 0 aromatic rings. The van der Waals surface area contributed by atoms with Gasteiger partial charge in [-0.15, -0.1) is 0 Å². The number of rotatable bonds is 2. The Bertz CT molecular complexity index is 162. The normalized spacial score (nSPS) is 18.6. The van der Waals surface area contributed by atoms with E-state index in [1.54, 1.807) is 0 Å². The first-order valence-corrected chi connectivity index (χ1v) is 5.83. The van der Waals surface area contributed by atoms with E-state index in [1.165, 1.54) is 12.8 Å². The predicted molar refractivity (Wildman–Crippen MR) is 61.0 cm³/mol. The Balaban J connectivity index is 0.000000791. The molecule has 1 fully saturated rings. The maximum Gasteiger partial charge on any atom is 0.0865 e. The summed E-state index contributed by atoms with van der Waals surface area (Å²) in [6.07, 6.45) is 2.55. The number of piperidine rings is 1. The monoisotopic (exact) mass is 196 g/mol. The molecule has 0 spiro atoms. The van der Waals surface area contributed by atoms with Crippen LogP contribution in [0.3, 0.4) is 0 Å². The molecule has 0 aromatic carbocycles. The Hall–Kier alpha value is -0.550. The van der Waals surface area contributed by atoms with Crippen molar-refractivity contribution in [1.82, 2.24) is 4.90 Å². The Kier molecular flexibility index (Phi) is 7.51. The summed E-state index contributed by atoms with van der Waals surface area (Å²) < 4.78 is 0. The molecule has 1 rings (SSSR count). The summed E-state index contributed by atoms with van der Waals surface area (Å²) in [5.74, 6) is 1.70. The summed E-state index contributed by atoms with van der Waals surface area (Å²) in [7, 11) is 0. The lowest BCUT2D eigenvalue weighted by Gasteiger charge is -2.32. The standard InChI is InChI=1S/C10H18N2.C2H6/c1-9(2)10-3-6-12(7-4-10)8-5-11;1-2/h9-10H,3-4,6-8H2,1-2H3;1-2H3. The fourth-order valence-electron chi connectivity index (χ4n) is 1.88. The van der Waals surface area contributed by atoms with Gasteiger partial charge in [-0.1, -0.05) is 27.7 Å². The van der Waals surface area contributed by atoms with E-state index in [1.807, 2.05) is 13.8 Å². The van der Waals surface area contributed by atoms with Crippen LogP contribution in [0.5, 0.6) is 0 Å². The van der Waals surface area contributed by atoms with Crippen molar-refractivity contribution in [3.63, 3.8) is 0 Å². The summed E-state index contributed by atoms with van der Waals surface area (Å²) in [5, 5.41) is 8.50. The summed E-state index contributed by atoms with van der Waals surface area (Å²) in [6.45, 7) is 11.5. The second-order valence-electron chi connectivity index (χ2n) is 4.02. The van der Waals surface area contributed by atoms with E-state index in [0.29, 0.717) is 6.54 Å². The number of nitriles is 1. The quantitative estimate of drug-likeness (QED) is 0.635. The number of hydrogen-bond donors (Lipinski definition) is 0. The zero-order chi connectivity index (χ0) is 11.0. The Morgan fingerprint density at radius 1 is 1.29 bits per heavy atom. The lowest BCUT2D eigenvalue weighted by molar-refractivity contribution is 0.172. The van der Waals surface area contributed by atoms with Crippen molar-refractivity contribution in [2.75, 3.05) is 19.6 Å².